The Balaban J connectivity index is 1.94. The number of aromatic nitrogens is 2. The Morgan fingerprint density at radius 3 is 2.83 bits per heavy atom. The normalized spacial score (nSPS) is 14.1. The van der Waals surface area contributed by atoms with Crippen LogP contribution in [-0.4, -0.2) is 16.3 Å². The molecule has 4 rings (SSSR count). The maximum Gasteiger partial charge on any atom is 0.133 e. The van der Waals surface area contributed by atoms with Gasteiger partial charge in [0, 0.05) is 12.1 Å². The van der Waals surface area contributed by atoms with E-state index in [1.54, 1.807) is 11.3 Å². The summed E-state index contributed by atoms with van der Waals surface area (Å²) in [6.07, 6.45) is 3.53. The third kappa shape index (κ3) is 2.55. The van der Waals surface area contributed by atoms with Gasteiger partial charge in [-0.25, -0.2) is 4.68 Å². The molecule has 0 aliphatic carbocycles. The Hall–Kier alpha value is -2.07. The van der Waals surface area contributed by atoms with Crippen molar-refractivity contribution in [1.82, 2.24) is 9.78 Å². The van der Waals surface area contributed by atoms with Gasteiger partial charge in [0.25, 0.3) is 0 Å². The lowest BCUT2D eigenvalue weighted by atomic mass is 10.1. The Bertz CT molecular complexity index is 888. The average Bonchev–Trinajstić information content (AvgIpc) is 3.06. The van der Waals surface area contributed by atoms with Crippen molar-refractivity contribution in [3.63, 3.8) is 0 Å². The number of nitrogens with one attached hydrogen (secondary N) is 1. The first-order chi connectivity index (χ1) is 11.6. The van der Waals surface area contributed by atoms with E-state index in [1.807, 2.05) is 0 Å². The van der Waals surface area contributed by atoms with Crippen molar-refractivity contribution in [3.05, 3.63) is 51.9 Å². The van der Waals surface area contributed by atoms with Gasteiger partial charge in [0.05, 0.1) is 10.6 Å². The van der Waals surface area contributed by atoms with Gasteiger partial charge in [0.15, 0.2) is 0 Å². The molecule has 0 saturated carbocycles. The Labute approximate surface area is 147 Å². The van der Waals surface area contributed by atoms with E-state index in [-0.39, 0.29) is 0 Å². The van der Waals surface area contributed by atoms with E-state index in [4.69, 9.17) is 5.10 Å². The van der Waals surface area contributed by atoms with Crippen molar-refractivity contribution in [3.8, 4) is 16.3 Å². The van der Waals surface area contributed by atoms with Gasteiger partial charge >= 0.3 is 0 Å². The van der Waals surface area contributed by atoms with Gasteiger partial charge in [0.2, 0.25) is 0 Å². The van der Waals surface area contributed by atoms with E-state index in [2.05, 4.69) is 60.4 Å². The molecule has 3 aromatic rings. The lowest BCUT2D eigenvalue weighted by Crippen LogP contribution is -2.08. The maximum atomic E-state index is 5.05. The summed E-state index contributed by atoms with van der Waals surface area (Å²) in [5.74, 6) is 1.18. The monoisotopic (exact) mass is 337 g/mol. The van der Waals surface area contributed by atoms with Crippen LogP contribution in [0, 0.1) is 20.8 Å². The van der Waals surface area contributed by atoms with Crippen molar-refractivity contribution in [2.45, 2.75) is 40.0 Å². The van der Waals surface area contributed by atoms with Crippen LogP contribution in [0.1, 0.15) is 35.1 Å². The quantitative estimate of drug-likeness (QED) is 0.690. The minimum absolute atomic E-state index is 1.02. The van der Waals surface area contributed by atoms with Crippen LogP contribution in [0.3, 0.4) is 0 Å². The summed E-state index contributed by atoms with van der Waals surface area (Å²) in [6, 6.07) is 8.71. The van der Waals surface area contributed by atoms with Crippen LogP contribution in [0.15, 0.2) is 29.6 Å². The molecule has 1 aliphatic rings. The van der Waals surface area contributed by atoms with Crippen LogP contribution in [-0.2, 0) is 6.42 Å². The van der Waals surface area contributed by atoms with E-state index in [9.17, 15) is 0 Å². The average molecular weight is 337 g/mol. The van der Waals surface area contributed by atoms with Gasteiger partial charge in [-0.3, -0.25) is 0 Å². The van der Waals surface area contributed by atoms with Crippen molar-refractivity contribution in [2.75, 3.05) is 11.9 Å². The Morgan fingerprint density at radius 1 is 1.17 bits per heavy atom. The third-order valence-corrected chi connectivity index (χ3v) is 5.95. The summed E-state index contributed by atoms with van der Waals surface area (Å²) in [5, 5.41) is 10.9. The fourth-order valence-corrected chi connectivity index (χ4v) is 4.31. The molecular formula is C20H23N3S. The standard InChI is InChI=1S/C20H23N3S/c1-13-11-18(24-12-13)19-16-8-4-5-10-21-20(16)23(22-19)17-9-6-7-14(2)15(17)3/h6-7,9,11-12,21H,4-5,8,10H2,1-3H3. The van der Waals surface area contributed by atoms with Crippen LogP contribution in [0.25, 0.3) is 16.3 Å². The van der Waals surface area contributed by atoms with Gasteiger partial charge in [-0.2, -0.15) is 5.10 Å². The molecule has 124 valence electrons. The van der Waals surface area contributed by atoms with Crippen molar-refractivity contribution in [1.29, 1.82) is 0 Å². The van der Waals surface area contributed by atoms with E-state index < -0.39 is 0 Å². The van der Waals surface area contributed by atoms with Gasteiger partial charge in [0.1, 0.15) is 11.5 Å². The highest BCUT2D eigenvalue weighted by molar-refractivity contribution is 7.13. The molecule has 0 spiro atoms. The third-order valence-electron chi connectivity index (χ3n) is 4.90. The van der Waals surface area contributed by atoms with Crippen LogP contribution in [0.2, 0.25) is 0 Å². The first-order valence-corrected chi connectivity index (χ1v) is 9.51. The number of rotatable bonds is 2. The highest BCUT2D eigenvalue weighted by Gasteiger charge is 2.23. The fraction of sp³-hybridized carbons (Fsp3) is 0.350. The zero-order valence-electron chi connectivity index (χ0n) is 14.5. The number of aryl methyl sites for hydroxylation is 2. The number of anilines is 1. The second-order valence-electron chi connectivity index (χ2n) is 6.68. The summed E-state index contributed by atoms with van der Waals surface area (Å²) in [7, 11) is 0. The zero-order chi connectivity index (χ0) is 16.7. The molecule has 1 N–H and O–H groups in total. The smallest absolute Gasteiger partial charge is 0.133 e. The molecule has 1 aliphatic heterocycles. The van der Waals surface area contributed by atoms with Crippen LogP contribution >= 0.6 is 11.3 Å². The lowest BCUT2D eigenvalue weighted by Gasteiger charge is -2.13. The van der Waals surface area contributed by atoms with Crippen molar-refractivity contribution in [2.24, 2.45) is 0 Å². The lowest BCUT2D eigenvalue weighted by molar-refractivity contribution is 0.780. The number of hydrogen-bond acceptors (Lipinski definition) is 3. The molecule has 0 fully saturated rings. The molecule has 0 saturated heterocycles. The van der Waals surface area contributed by atoms with Gasteiger partial charge < -0.3 is 5.32 Å². The zero-order valence-corrected chi connectivity index (χ0v) is 15.3. The number of benzene rings is 1. The maximum absolute atomic E-state index is 5.05. The van der Waals surface area contributed by atoms with Gasteiger partial charge in [-0.05, 0) is 74.2 Å². The predicted octanol–water partition coefficient (Wildman–Crippen LogP) is 5.27. The summed E-state index contributed by atoms with van der Waals surface area (Å²) in [6.45, 7) is 7.52. The molecule has 0 atom stereocenters. The minimum Gasteiger partial charge on any atom is -0.370 e. The highest BCUT2D eigenvalue weighted by atomic mass is 32.1. The molecule has 0 bridgehead atoms. The number of fused-ring (bicyclic) bond motifs is 1. The number of nitrogens with zero attached hydrogens (tertiary/aromatic N) is 2. The number of thiophene rings is 1. The molecule has 4 heteroatoms. The first-order valence-electron chi connectivity index (χ1n) is 8.63. The molecular weight excluding hydrogens is 314 g/mol. The van der Waals surface area contributed by atoms with Gasteiger partial charge in [-0.1, -0.05) is 12.1 Å². The molecule has 0 radical (unpaired) electrons. The van der Waals surface area contributed by atoms with E-state index in [1.165, 1.54) is 51.5 Å². The summed E-state index contributed by atoms with van der Waals surface area (Å²) >= 11 is 1.79. The minimum atomic E-state index is 1.02. The fourth-order valence-electron chi connectivity index (χ4n) is 3.40. The molecule has 24 heavy (non-hydrogen) atoms. The van der Waals surface area contributed by atoms with Crippen LogP contribution in [0.4, 0.5) is 5.82 Å². The SMILES string of the molecule is Cc1csc(-c2nn(-c3cccc(C)c3C)c3c2CCCCN3)c1. The largest absolute Gasteiger partial charge is 0.370 e. The predicted molar refractivity (Wildman–Crippen MR) is 103 cm³/mol. The molecule has 2 aromatic heterocycles. The summed E-state index contributed by atoms with van der Waals surface area (Å²) < 4.78 is 2.13. The highest BCUT2D eigenvalue weighted by Crippen LogP contribution is 2.37. The first kappa shape index (κ1) is 15.5. The van der Waals surface area contributed by atoms with Crippen molar-refractivity contribution < 1.29 is 0 Å². The Morgan fingerprint density at radius 2 is 2.04 bits per heavy atom. The topological polar surface area (TPSA) is 29.9 Å². The molecule has 3 heterocycles. The van der Waals surface area contributed by atoms with Crippen molar-refractivity contribution >= 4 is 17.2 Å². The molecule has 3 nitrogen and oxygen atoms in total. The summed E-state index contributed by atoms with van der Waals surface area (Å²) in [5.41, 5.74) is 7.61. The summed E-state index contributed by atoms with van der Waals surface area (Å²) in [4.78, 5) is 1.27. The van der Waals surface area contributed by atoms with E-state index >= 15 is 0 Å². The van der Waals surface area contributed by atoms with Crippen LogP contribution in [0.5, 0.6) is 0 Å². The molecule has 0 amide bonds. The Kier molecular flexibility index (Phi) is 3.93. The van der Waals surface area contributed by atoms with E-state index in [0.717, 1.165) is 18.7 Å². The second kappa shape index (κ2) is 6.10. The van der Waals surface area contributed by atoms with Crippen LogP contribution < -0.4 is 5.32 Å². The number of hydrogen-bond donors (Lipinski definition) is 1. The van der Waals surface area contributed by atoms with Gasteiger partial charge in [-0.15, -0.1) is 11.3 Å². The molecule has 0 unspecified atom stereocenters. The second-order valence-corrected chi connectivity index (χ2v) is 7.59. The molecule has 1 aromatic carbocycles. The van der Waals surface area contributed by atoms with E-state index in [0.29, 0.717) is 0 Å².